The summed E-state index contributed by atoms with van der Waals surface area (Å²) in [5.41, 5.74) is 3.94. The van der Waals surface area contributed by atoms with E-state index in [0.717, 1.165) is 10.9 Å². The number of alkyl halides is 3. The van der Waals surface area contributed by atoms with Gasteiger partial charge in [0.05, 0.1) is 16.6 Å². The molecular formula is C34H44Cl3N5O7. The van der Waals surface area contributed by atoms with E-state index in [1.807, 2.05) is 30.3 Å². The fourth-order valence-corrected chi connectivity index (χ4v) is 5.16. The first kappa shape index (κ1) is 40.0. The molecule has 49 heavy (non-hydrogen) atoms. The molecule has 1 aromatic heterocycles. The topological polar surface area (TPSA) is 156 Å². The Kier molecular flexibility index (Phi) is 13.9. The van der Waals surface area contributed by atoms with Gasteiger partial charge in [-0.15, -0.1) is 0 Å². The van der Waals surface area contributed by atoms with Crippen LogP contribution in [0.2, 0.25) is 0 Å². The number of hydrazine groups is 1. The van der Waals surface area contributed by atoms with Gasteiger partial charge in [-0.05, 0) is 64.2 Å². The lowest BCUT2D eigenvalue weighted by molar-refractivity contribution is -0.153. The molecule has 1 fully saturated rings. The highest BCUT2D eigenvalue weighted by Crippen LogP contribution is 2.27. The minimum Gasteiger partial charge on any atom is -0.460 e. The molecule has 3 amide bonds. The number of carbonyl (C=O) groups is 5. The Morgan fingerprint density at radius 1 is 1.06 bits per heavy atom. The van der Waals surface area contributed by atoms with E-state index in [0.29, 0.717) is 30.6 Å². The van der Waals surface area contributed by atoms with E-state index in [4.69, 9.17) is 44.3 Å². The predicted octanol–water partition coefficient (Wildman–Crippen LogP) is 4.95. The van der Waals surface area contributed by atoms with Crippen LogP contribution < -0.4 is 16.1 Å². The Labute approximate surface area is 301 Å². The first-order valence-corrected chi connectivity index (χ1v) is 17.1. The van der Waals surface area contributed by atoms with Gasteiger partial charge in [0, 0.05) is 18.9 Å². The second-order valence-corrected chi connectivity index (χ2v) is 15.5. The number of ether oxygens (including phenoxy) is 2. The van der Waals surface area contributed by atoms with Crippen LogP contribution in [0.1, 0.15) is 78.7 Å². The largest absolute Gasteiger partial charge is 0.460 e. The number of hydrogen-bond donors (Lipinski definition) is 3. The molecule has 1 aliphatic heterocycles. The van der Waals surface area contributed by atoms with Crippen molar-refractivity contribution >= 4 is 81.4 Å². The molecule has 2 heterocycles. The van der Waals surface area contributed by atoms with E-state index in [-0.39, 0.29) is 11.8 Å². The molecule has 1 aromatic carbocycles. The van der Waals surface area contributed by atoms with Gasteiger partial charge in [0.2, 0.25) is 15.6 Å². The van der Waals surface area contributed by atoms with Gasteiger partial charge in [-0.25, -0.2) is 10.4 Å². The number of benzene rings is 1. The summed E-state index contributed by atoms with van der Waals surface area (Å²) in [6, 6.07) is 6.67. The molecule has 0 aliphatic carbocycles. The van der Waals surface area contributed by atoms with E-state index in [1.54, 1.807) is 46.8 Å². The van der Waals surface area contributed by atoms with E-state index in [2.05, 4.69) is 21.0 Å². The molecule has 0 radical (unpaired) electrons. The second kappa shape index (κ2) is 17.0. The Morgan fingerprint density at radius 3 is 2.37 bits per heavy atom. The lowest BCUT2D eigenvalue weighted by Gasteiger charge is -2.35. The van der Waals surface area contributed by atoms with E-state index >= 15 is 0 Å². The molecule has 1 saturated heterocycles. The van der Waals surface area contributed by atoms with Crippen molar-refractivity contribution in [1.82, 2.24) is 26.1 Å². The van der Waals surface area contributed by atoms with Crippen LogP contribution in [-0.4, -0.2) is 74.7 Å². The van der Waals surface area contributed by atoms with Gasteiger partial charge in [0.15, 0.2) is 0 Å². The van der Waals surface area contributed by atoms with Gasteiger partial charge in [0.1, 0.15) is 30.8 Å². The average Bonchev–Trinajstić information content (AvgIpc) is 3.03. The van der Waals surface area contributed by atoms with Crippen LogP contribution in [0.15, 0.2) is 36.4 Å². The van der Waals surface area contributed by atoms with Crippen molar-refractivity contribution in [2.75, 3.05) is 13.2 Å². The van der Waals surface area contributed by atoms with Crippen LogP contribution in [0.3, 0.4) is 0 Å². The molecule has 4 unspecified atom stereocenters. The number of esters is 2. The van der Waals surface area contributed by atoms with Crippen molar-refractivity contribution in [2.24, 2.45) is 11.3 Å². The summed E-state index contributed by atoms with van der Waals surface area (Å²) in [4.78, 5) is 68.4. The summed E-state index contributed by atoms with van der Waals surface area (Å²) in [7, 11) is 0. The summed E-state index contributed by atoms with van der Waals surface area (Å²) in [5.74, 6) is -2.75. The molecule has 3 rings (SSSR count). The van der Waals surface area contributed by atoms with Crippen LogP contribution in [0, 0.1) is 11.3 Å². The molecule has 0 bridgehead atoms. The predicted molar refractivity (Wildman–Crippen MR) is 188 cm³/mol. The number of aromatic nitrogens is 1. The zero-order chi connectivity index (χ0) is 36.7. The standard InChI is InChI=1S/C34H44Cl3N5O7/c1-19(2)28(29(44)38-20(3)30(45)42-16-8-9-26(41-42)31(46)48-18-34(35,36)37)40-32(47)33(6,7)15-14-23-10-11-24-12-13-25(39-27(24)17-23)21(4)49-22(5)43/h10-15,17,19-21,26,28,41H,8-9,16,18H2,1-7H3,(H,38,44)(H,40,47). The summed E-state index contributed by atoms with van der Waals surface area (Å²) in [5, 5.41) is 7.70. The van der Waals surface area contributed by atoms with Crippen LogP contribution >= 0.6 is 34.8 Å². The Hall–Kier alpha value is -3.45. The Bertz CT molecular complexity index is 1580. The maximum absolute atomic E-state index is 13.5. The number of pyridine rings is 1. The number of rotatable bonds is 12. The highest BCUT2D eigenvalue weighted by atomic mass is 35.6. The Balaban J connectivity index is 1.63. The fraction of sp³-hybridized carbons (Fsp3) is 0.529. The monoisotopic (exact) mass is 739 g/mol. The molecule has 4 atom stereocenters. The zero-order valence-corrected chi connectivity index (χ0v) is 30.9. The average molecular weight is 741 g/mol. The van der Waals surface area contributed by atoms with Gasteiger partial charge < -0.3 is 20.1 Å². The number of carbonyl (C=O) groups excluding carboxylic acids is 5. The molecule has 1 aliphatic rings. The van der Waals surface area contributed by atoms with Crippen molar-refractivity contribution in [3.05, 3.63) is 47.7 Å². The van der Waals surface area contributed by atoms with Gasteiger partial charge >= 0.3 is 11.9 Å². The van der Waals surface area contributed by atoms with Gasteiger partial charge in [0.25, 0.3) is 5.91 Å². The summed E-state index contributed by atoms with van der Waals surface area (Å²) in [6.07, 6.45) is 3.96. The summed E-state index contributed by atoms with van der Waals surface area (Å²) in [6.45, 7) is 11.5. The molecule has 15 heteroatoms. The Morgan fingerprint density at radius 2 is 1.73 bits per heavy atom. The lowest BCUT2D eigenvalue weighted by atomic mass is 9.89. The smallest absolute Gasteiger partial charge is 0.325 e. The number of hydrogen-bond acceptors (Lipinski definition) is 9. The van der Waals surface area contributed by atoms with E-state index < -0.39 is 63.8 Å². The molecule has 3 N–H and O–H groups in total. The van der Waals surface area contributed by atoms with Gasteiger partial charge in [-0.3, -0.25) is 29.0 Å². The van der Waals surface area contributed by atoms with Gasteiger partial charge in [-0.1, -0.05) is 79.0 Å². The maximum atomic E-state index is 13.5. The number of nitrogens with zero attached hydrogens (tertiary/aromatic N) is 2. The SMILES string of the molecule is CC(=O)OC(C)c1ccc2ccc(C=CC(C)(C)C(=O)NC(C(=O)NC(C)C(=O)N3CCCC(C(=O)OCC(Cl)(Cl)Cl)N3)C(C)C)cc2n1. The number of amides is 3. The second-order valence-electron chi connectivity index (χ2n) is 13.0. The molecule has 12 nitrogen and oxygen atoms in total. The normalized spacial score (nSPS) is 17.4. The molecule has 0 saturated carbocycles. The number of nitrogens with one attached hydrogen (secondary N) is 3. The minimum absolute atomic E-state index is 0.300. The highest BCUT2D eigenvalue weighted by Gasteiger charge is 2.35. The van der Waals surface area contributed by atoms with Crippen LogP contribution in [0.25, 0.3) is 17.0 Å². The third kappa shape index (κ3) is 11.8. The molecule has 268 valence electrons. The fourth-order valence-electron chi connectivity index (χ4n) is 5.00. The first-order valence-electron chi connectivity index (χ1n) is 16.0. The number of halogens is 3. The minimum atomic E-state index is -1.76. The van der Waals surface area contributed by atoms with Crippen molar-refractivity contribution in [3.8, 4) is 0 Å². The third-order valence-corrected chi connectivity index (χ3v) is 8.18. The zero-order valence-electron chi connectivity index (χ0n) is 28.6. The van der Waals surface area contributed by atoms with Crippen molar-refractivity contribution in [3.63, 3.8) is 0 Å². The third-order valence-electron chi connectivity index (χ3n) is 7.85. The van der Waals surface area contributed by atoms with Crippen LogP contribution in [-0.2, 0) is 33.4 Å². The van der Waals surface area contributed by atoms with Crippen molar-refractivity contribution < 1.29 is 33.4 Å². The van der Waals surface area contributed by atoms with Crippen LogP contribution in [0.5, 0.6) is 0 Å². The van der Waals surface area contributed by atoms with E-state index in [1.165, 1.54) is 18.9 Å². The summed E-state index contributed by atoms with van der Waals surface area (Å²) < 4.78 is 8.53. The van der Waals surface area contributed by atoms with Crippen molar-refractivity contribution in [1.29, 1.82) is 0 Å². The quantitative estimate of drug-likeness (QED) is 0.203. The van der Waals surface area contributed by atoms with E-state index in [9.17, 15) is 24.0 Å². The van der Waals surface area contributed by atoms with Gasteiger partial charge in [-0.2, -0.15) is 0 Å². The molecule has 2 aromatic rings. The maximum Gasteiger partial charge on any atom is 0.325 e. The lowest BCUT2D eigenvalue weighted by Crippen LogP contribution is -2.61. The first-order chi connectivity index (χ1) is 22.8. The van der Waals surface area contributed by atoms with Crippen molar-refractivity contribution in [2.45, 2.75) is 89.3 Å². The molecular weight excluding hydrogens is 697 g/mol. The number of fused-ring (bicyclic) bond motifs is 1. The molecule has 0 spiro atoms. The summed E-state index contributed by atoms with van der Waals surface area (Å²) >= 11 is 17.0. The highest BCUT2D eigenvalue weighted by molar-refractivity contribution is 6.67. The van der Waals surface area contributed by atoms with Crippen LogP contribution in [0.4, 0.5) is 0 Å².